The molecule has 15 heteroatoms. The van der Waals surface area contributed by atoms with Gasteiger partial charge in [-0.2, -0.15) is 26.3 Å². The number of phenols is 1. The molecule has 1 aromatic heterocycles. The first-order valence-corrected chi connectivity index (χ1v) is 12.4. The average Bonchev–Trinajstić information content (AvgIpc) is 2.76. The number of aromatic nitrogens is 1. The maximum atomic E-state index is 12.9. The summed E-state index contributed by atoms with van der Waals surface area (Å²) in [5.41, 5.74) is -1.41. The highest BCUT2D eigenvalue weighted by molar-refractivity contribution is 7.85. The summed E-state index contributed by atoms with van der Waals surface area (Å²) in [6.07, 6.45) is -5.38. The molecule has 0 aliphatic rings. The second kappa shape index (κ2) is 12.4. The molecule has 200 valence electrons. The maximum absolute atomic E-state index is 12.9. The summed E-state index contributed by atoms with van der Waals surface area (Å²) in [5, 5.41) is 9.96. The zero-order valence-corrected chi connectivity index (χ0v) is 21.1. The number of hydrogen-bond acceptors (Lipinski definition) is 8. The highest BCUT2D eigenvalue weighted by Crippen LogP contribution is 2.42. The topological polar surface area (TPSA) is 127 Å². The molecule has 0 saturated heterocycles. The molecule has 0 atom stereocenters. The predicted molar refractivity (Wildman–Crippen MR) is 125 cm³/mol. The number of para-hydroxylation sites is 1. The van der Waals surface area contributed by atoms with Crippen molar-refractivity contribution in [1.82, 2.24) is 9.71 Å². The van der Waals surface area contributed by atoms with E-state index in [2.05, 4.69) is 13.9 Å². The normalized spacial score (nSPS) is 12.0. The number of nitrogens with one attached hydrogen (secondary N) is 1. The Bertz CT molecular complexity index is 1160. The molecule has 0 fully saturated rings. The van der Waals surface area contributed by atoms with Gasteiger partial charge in [-0.1, -0.05) is 24.6 Å². The molecule has 0 spiro atoms. The van der Waals surface area contributed by atoms with Gasteiger partial charge in [0.1, 0.15) is 16.5 Å². The van der Waals surface area contributed by atoms with Gasteiger partial charge in [-0.15, -0.1) is 0 Å². The Morgan fingerprint density at radius 1 is 1.31 bits per heavy atom. The fourth-order valence-corrected chi connectivity index (χ4v) is 3.65. The Morgan fingerprint density at radius 2 is 2.00 bits per heavy atom. The van der Waals surface area contributed by atoms with Gasteiger partial charge in [0.05, 0.1) is 18.3 Å². The molecule has 10 nitrogen and oxygen atoms in total. The second-order valence-electron chi connectivity index (χ2n) is 7.50. The SMILES string of the molecule is CCCN(C(=O)OS(=O)(=O)NCCOC(C)C)c1c(O)cccc1Oc1ncc(C(F)(F)F)cc1Cl. The van der Waals surface area contributed by atoms with E-state index < -0.39 is 44.8 Å². The molecular weight excluding hydrogens is 531 g/mol. The number of hydrogen-bond donors (Lipinski definition) is 2. The summed E-state index contributed by atoms with van der Waals surface area (Å²) in [6, 6.07) is 4.40. The minimum Gasteiger partial charge on any atom is -0.506 e. The van der Waals surface area contributed by atoms with E-state index in [1.807, 2.05) is 0 Å². The molecule has 2 aromatic rings. The third-order valence-corrected chi connectivity index (χ3v) is 5.46. The first-order valence-electron chi connectivity index (χ1n) is 10.6. The van der Waals surface area contributed by atoms with Gasteiger partial charge in [0, 0.05) is 19.3 Å². The van der Waals surface area contributed by atoms with Crippen LogP contribution in [-0.4, -0.2) is 50.4 Å². The number of carbonyl (C=O) groups excluding carboxylic acids is 1. The number of benzene rings is 1. The molecule has 0 unspecified atom stereocenters. The molecule has 1 heterocycles. The van der Waals surface area contributed by atoms with Gasteiger partial charge in [0.15, 0.2) is 5.75 Å². The van der Waals surface area contributed by atoms with E-state index in [0.29, 0.717) is 18.7 Å². The Morgan fingerprint density at radius 3 is 2.58 bits per heavy atom. The number of aromatic hydroxyl groups is 1. The molecular formula is C21H25ClF3N3O7S. The summed E-state index contributed by atoms with van der Waals surface area (Å²) >= 11 is 5.89. The van der Waals surface area contributed by atoms with Crippen LogP contribution < -0.4 is 14.4 Å². The number of pyridine rings is 1. The van der Waals surface area contributed by atoms with E-state index in [1.165, 1.54) is 18.2 Å². The van der Waals surface area contributed by atoms with E-state index in [-0.39, 0.29) is 37.2 Å². The van der Waals surface area contributed by atoms with Crippen LogP contribution >= 0.6 is 11.6 Å². The van der Waals surface area contributed by atoms with Crippen molar-refractivity contribution < 1.29 is 45.1 Å². The molecule has 1 aromatic carbocycles. The fourth-order valence-electron chi connectivity index (χ4n) is 2.77. The smallest absolute Gasteiger partial charge is 0.431 e. The molecule has 2 rings (SSSR count). The largest absolute Gasteiger partial charge is 0.506 e. The highest BCUT2D eigenvalue weighted by atomic mass is 35.5. The lowest BCUT2D eigenvalue weighted by Crippen LogP contribution is -2.38. The first kappa shape index (κ1) is 29.4. The Balaban J connectivity index is 2.32. The monoisotopic (exact) mass is 555 g/mol. The summed E-state index contributed by atoms with van der Waals surface area (Å²) in [6.45, 7) is 4.95. The van der Waals surface area contributed by atoms with Crippen LogP contribution in [0.1, 0.15) is 32.8 Å². The highest BCUT2D eigenvalue weighted by Gasteiger charge is 2.32. The number of carbonyl (C=O) groups is 1. The van der Waals surface area contributed by atoms with Crippen molar-refractivity contribution >= 4 is 33.7 Å². The molecule has 2 N–H and O–H groups in total. The van der Waals surface area contributed by atoms with Gasteiger partial charge >= 0.3 is 22.6 Å². The lowest BCUT2D eigenvalue weighted by Gasteiger charge is -2.24. The van der Waals surface area contributed by atoms with Crippen LogP contribution in [0.2, 0.25) is 5.02 Å². The van der Waals surface area contributed by atoms with E-state index >= 15 is 0 Å². The third kappa shape index (κ3) is 8.40. The summed E-state index contributed by atoms with van der Waals surface area (Å²) < 4.78 is 80.5. The van der Waals surface area contributed by atoms with Crippen LogP contribution in [0.25, 0.3) is 0 Å². The van der Waals surface area contributed by atoms with E-state index in [0.717, 1.165) is 4.90 Å². The van der Waals surface area contributed by atoms with Crippen molar-refractivity contribution in [2.24, 2.45) is 0 Å². The Kier molecular flexibility index (Phi) is 10.2. The standard InChI is InChI=1S/C21H25ClF3N3O7S/c1-4-9-28(20(30)35-36(31,32)27-8-10-33-13(2)3)18-16(29)6-5-7-17(18)34-19-15(22)11-14(12-26-19)21(23,24)25/h5-7,11-13,27,29H,4,8-10H2,1-3H3. The molecule has 0 bridgehead atoms. The van der Waals surface area contributed by atoms with Crippen molar-refractivity contribution in [3.8, 4) is 17.4 Å². The molecule has 0 radical (unpaired) electrons. The number of nitrogens with zero attached hydrogens (tertiary/aromatic N) is 2. The zero-order chi connectivity index (χ0) is 27.1. The molecule has 1 amide bonds. The number of anilines is 1. The molecule has 0 aliphatic carbocycles. The lowest BCUT2D eigenvalue weighted by atomic mass is 10.2. The first-order chi connectivity index (χ1) is 16.7. The fraction of sp³-hybridized carbons (Fsp3) is 0.429. The number of rotatable bonds is 11. The maximum Gasteiger partial charge on any atom is 0.431 e. The summed E-state index contributed by atoms with van der Waals surface area (Å²) in [7, 11) is -4.54. The minimum absolute atomic E-state index is 0.0332. The van der Waals surface area contributed by atoms with Crippen LogP contribution in [0.5, 0.6) is 17.4 Å². The zero-order valence-electron chi connectivity index (χ0n) is 19.5. The van der Waals surface area contributed by atoms with E-state index in [4.69, 9.17) is 21.1 Å². The van der Waals surface area contributed by atoms with E-state index in [9.17, 15) is 31.5 Å². The van der Waals surface area contributed by atoms with Crippen molar-refractivity contribution in [3.63, 3.8) is 0 Å². The van der Waals surface area contributed by atoms with Gasteiger partial charge in [-0.3, -0.25) is 4.90 Å². The van der Waals surface area contributed by atoms with Crippen LogP contribution in [0, 0.1) is 0 Å². The van der Waals surface area contributed by atoms with Crippen molar-refractivity contribution in [3.05, 3.63) is 41.0 Å². The van der Waals surface area contributed by atoms with Crippen LogP contribution in [0.3, 0.4) is 0 Å². The van der Waals surface area contributed by atoms with Gasteiger partial charge < -0.3 is 18.8 Å². The van der Waals surface area contributed by atoms with Gasteiger partial charge in [-0.25, -0.2) is 9.78 Å². The Hall–Kier alpha value is -2.81. The third-order valence-electron chi connectivity index (χ3n) is 4.27. The summed E-state index contributed by atoms with van der Waals surface area (Å²) in [5.74, 6) is -1.19. The van der Waals surface area contributed by atoms with Gasteiger partial charge in [0.25, 0.3) is 0 Å². The van der Waals surface area contributed by atoms with Crippen LogP contribution in [0.4, 0.5) is 23.7 Å². The van der Waals surface area contributed by atoms with Crippen LogP contribution in [-0.2, 0) is 25.4 Å². The van der Waals surface area contributed by atoms with Crippen molar-refractivity contribution in [2.75, 3.05) is 24.6 Å². The van der Waals surface area contributed by atoms with E-state index in [1.54, 1.807) is 20.8 Å². The van der Waals surface area contributed by atoms with Gasteiger partial charge in [0.2, 0.25) is 5.88 Å². The van der Waals surface area contributed by atoms with Crippen molar-refractivity contribution in [2.45, 2.75) is 39.5 Å². The molecule has 0 aliphatic heterocycles. The van der Waals surface area contributed by atoms with Gasteiger partial charge in [-0.05, 0) is 38.5 Å². The number of halogens is 4. The quantitative estimate of drug-likeness (QED) is 0.376. The average molecular weight is 556 g/mol. The predicted octanol–water partition coefficient (Wildman–Crippen LogP) is 4.86. The molecule has 0 saturated carbocycles. The Labute approximate surface area is 211 Å². The number of phenolic OH excluding ortho intramolecular Hbond substituents is 1. The molecule has 36 heavy (non-hydrogen) atoms. The lowest BCUT2D eigenvalue weighted by molar-refractivity contribution is -0.137. The van der Waals surface area contributed by atoms with Crippen LogP contribution in [0.15, 0.2) is 30.5 Å². The second-order valence-corrected chi connectivity index (χ2v) is 9.27. The van der Waals surface area contributed by atoms with Crippen molar-refractivity contribution in [1.29, 1.82) is 0 Å². The number of ether oxygens (including phenoxy) is 2. The number of alkyl halides is 3. The summed E-state index contributed by atoms with van der Waals surface area (Å²) in [4.78, 5) is 17.2. The number of amides is 1. The minimum atomic E-state index is -4.69.